The van der Waals surface area contributed by atoms with E-state index in [-0.39, 0.29) is 30.7 Å². The molecule has 170 valence electrons. The first kappa shape index (κ1) is 22.6. The summed E-state index contributed by atoms with van der Waals surface area (Å²) in [5, 5.41) is 2.89. The Morgan fingerprint density at radius 2 is 1.94 bits per heavy atom. The predicted molar refractivity (Wildman–Crippen MR) is 126 cm³/mol. The second kappa shape index (κ2) is 9.92. The lowest BCUT2D eigenvalue weighted by Crippen LogP contribution is -2.62. The summed E-state index contributed by atoms with van der Waals surface area (Å²) in [6, 6.07) is 16.5. The number of amides is 2. The number of aryl methyl sites for hydroxylation is 1. The highest BCUT2D eigenvalue weighted by Gasteiger charge is 2.45. The number of likely N-dealkylation sites (N-methyl/N-ethyl adjacent to an activating group) is 1. The summed E-state index contributed by atoms with van der Waals surface area (Å²) in [7, 11) is 0. The van der Waals surface area contributed by atoms with Crippen LogP contribution in [0.5, 0.6) is 0 Å². The average Bonchev–Trinajstić information content (AvgIpc) is 2.85. The lowest BCUT2D eigenvalue weighted by atomic mass is 9.90. The minimum atomic E-state index is -1.17. The highest BCUT2D eigenvalue weighted by atomic mass is 16.5. The van der Waals surface area contributed by atoms with E-state index in [1.807, 2.05) is 25.1 Å². The highest BCUT2D eigenvalue weighted by Crippen LogP contribution is 2.27. The molecule has 4 rings (SSSR count). The maximum Gasteiger partial charge on any atom is 0.274 e. The van der Waals surface area contributed by atoms with Gasteiger partial charge in [-0.25, -0.2) is 4.98 Å². The van der Waals surface area contributed by atoms with Crippen LogP contribution >= 0.6 is 0 Å². The Balaban J connectivity index is 1.58. The molecule has 2 amide bonds. The van der Waals surface area contributed by atoms with E-state index in [2.05, 4.69) is 52.5 Å². The van der Waals surface area contributed by atoms with Gasteiger partial charge < -0.3 is 15.0 Å². The molecule has 7 nitrogen and oxygen atoms in total. The van der Waals surface area contributed by atoms with Crippen molar-refractivity contribution in [2.75, 3.05) is 26.2 Å². The first-order valence-corrected chi connectivity index (χ1v) is 11.1. The second-order valence-electron chi connectivity index (χ2n) is 8.26. The van der Waals surface area contributed by atoms with Crippen molar-refractivity contribution in [3.05, 3.63) is 83.9 Å². The quantitative estimate of drug-likeness (QED) is 0.632. The fourth-order valence-electron chi connectivity index (χ4n) is 4.14. The molecule has 0 unspecified atom stereocenters. The molecule has 0 aliphatic carbocycles. The lowest BCUT2D eigenvalue weighted by Gasteiger charge is -2.41. The van der Waals surface area contributed by atoms with Crippen LogP contribution in [0.4, 0.5) is 0 Å². The van der Waals surface area contributed by atoms with E-state index < -0.39 is 5.60 Å². The van der Waals surface area contributed by atoms with Gasteiger partial charge in [0.05, 0.1) is 19.3 Å². The number of morpholine rings is 1. The van der Waals surface area contributed by atoms with Gasteiger partial charge in [-0.05, 0) is 30.5 Å². The van der Waals surface area contributed by atoms with Crippen LogP contribution in [0.3, 0.4) is 0 Å². The zero-order valence-electron chi connectivity index (χ0n) is 19.0. The van der Waals surface area contributed by atoms with Crippen molar-refractivity contribution in [3.63, 3.8) is 0 Å². The van der Waals surface area contributed by atoms with Gasteiger partial charge in [0.15, 0.2) is 5.60 Å². The first-order valence-electron chi connectivity index (χ1n) is 11.1. The number of nitrogens with one attached hydrogen (secondary N) is 1. The Hall–Kier alpha value is -3.58. The molecule has 1 N–H and O–H groups in total. The molecule has 2 heterocycles. The highest BCUT2D eigenvalue weighted by molar-refractivity contribution is 5.93. The van der Waals surface area contributed by atoms with Crippen molar-refractivity contribution >= 4 is 11.8 Å². The fraction of sp³-hybridized carbons (Fsp3) is 0.308. The third-order valence-electron chi connectivity index (χ3n) is 5.80. The van der Waals surface area contributed by atoms with E-state index in [1.165, 1.54) is 24.2 Å². The van der Waals surface area contributed by atoms with E-state index in [0.29, 0.717) is 19.5 Å². The Morgan fingerprint density at radius 1 is 1.12 bits per heavy atom. The van der Waals surface area contributed by atoms with E-state index in [1.54, 1.807) is 4.90 Å². The van der Waals surface area contributed by atoms with Gasteiger partial charge >= 0.3 is 0 Å². The Morgan fingerprint density at radius 3 is 2.64 bits per heavy atom. The minimum Gasteiger partial charge on any atom is -0.361 e. The second-order valence-corrected chi connectivity index (χ2v) is 8.26. The van der Waals surface area contributed by atoms with E-state index in [9.17, 15) is 9.59 Å². The summed E-state index contributed by atoms with van der Waals surface area (Å²) in [5.41, 5.74) is 3.51. The van der Waals surface area contributed by atoms with E-state index >= 15 is 0 Å². The number of nitrogens with zero attached hydrogens (tertiary/aromatic N) is 3. The smallest absolute Gasteiger partial charge is 0.274 e. The standard InChI is InChI=1S/C26H28N4O3/c1-3-28-25(32)26(18-30(13-14-33-26)24(31)23-17-27-11-12-29-23)16-20-7-9-21(10-8-20)22-6-4-5-19(2)15-22/h4-12,15,17H,3,13-14,16,18H2,1-2H3,(H,28,32)/t26-/m1/s1. The molecule has 1 aliphatic rings. The number of benzene rings is 2. The lowest BCUT2D eigenvalue weighted by molar-refractivity contribution is -0.157. The van der Waals surface area contributed by atoms with Gasteiger partial charge in [-0.1, -0.05) is 54.1 Å². The van der Waals surface area contributed by atoms with Crippen molar-refractivity contribution in [2.45, 2.75) is 25.9 Å². The van der Waals surface area contributed by atoms with Crippen molar-refractivity contribution in [2.24, 2.45) is 0 Å². The van der Waals surface area contributed by atoms with Gasteiger partial charge in [-0.2, -0.15) is 0 Å². The van der Waals surface area contributed by atoms with Crippen LogP contribution in [0.15, 0.2) is 67.1 Å². The van der Waals surface area contributed by atoms with E-state index in [0.717, 1.165) is 16.7 Å². The average molecular weight is 445 g/mol. The van der Waals surface area contributed by atoms with Crippen LogP contribution < -0.4 is 5.32 Å². The monoisotopic (exact) mass is 444 g/mol. The largest absolute Gasteiger partial charge is 0.361 e. The number of rotatable bonds is 6. The van der Waals surface area contributed by atoms with Gasteiger partial charge in [0.2, 0.25) is 0 Å². The van der Waals surface area contributed by atoms with Crippen molar-refractivity contribution in [1.29, 1.82) is 0 Å². The van der Waals surface area contributed by atoms with Gasteiger partial charge in [0.25, 0.3) is 11.8 Å². The summed E-state index contributed by atoms with van der Waals surface area (Å²) < 4.78 is 6.09. The van der Waals surface area contributed by atoms with Crippen molar-refractivity contribution in [3.8, 4) is 11.1 Å². The van der Waals surface area contributed by atoms with Crippen LogP contribution in [-0.2, 0) is 16.0 Å². The number of hydrogen-bond donors (Lipinski definition) is 1. The fourth-order valence-corrected chi connectivity index (χ4v) is 4.14. The number of aromatic nitrogens is 2. The van der Waals surface area contributed by atoms with Gasteiger partial charge in [0, 0.05) is 31.9 Å². The van der Waals surface area contributed by atoms with Crippen LogP contribution in [0.1, 0.15) is 28.5 Å². The normalized spacial score (nSPS) is 18.1. The summed E-state index contributed by atoms with van der Waals surface area (Å²) >= 11 is 0. The van der Waals surface area contributed by atoms with Gasteiger partial charge in [0.1, 0.15) is 5.69 Å². The molecule has 2 aromatic carbocycles. The Bertz CT molecular complexity index is 1120. The molecule has 0 bridgehead atoms. The van der Waals surface area contributed by atoms with Crippen LogP contribution in [0, 0.1) is 6.92 Å². The molecule has 0 spiro atoms. The molecule has 1 atom stereocenters. The summed E-state index contributed by atoms with van der Waals surface area (Å²) in [6.45, 7) is 5.23. The number of carbonyl (C=O) groups excluding carboxylic acids is 2. The molecule has 1 fully saturated rings. The molecule has 33 heavy (non-hydrogen) atoms. The predicted octanol–water partition coefficient (Wildman–Crippen LogP) is 3.04. The molecule has 0 saturated carbocycles. The molecule has 1 saturated heterocycles. The Labute approximate surface area is 193 Å². The summed E-state index contributed by atoms with van der Waals surface area (Å²) in [6.07, 6.45) is 4.81. The molecule has 1 aromatic heterocycles. The number of ether oxygens (including phenoxy) is 1. The Kier molecular flexibility index (Phi) is 6.79. The maximum atomic E-state index is 13.2. The van der Waals surface area contributed by atoms with Crippen LogP contribution in [0.25, 0.3) is 11.1 Å². The molecular weight excluding hydrogens is 416 g/mol. The molecule has 0 radical (unpaired) electrons. The third kappa shape index (κ3) is 5.09. The zero-order valence-corrected chi connectivity index (χ0v) is 19.0. The SMILES string of the molecule is CCNC(=O)[C@@]1(Cc2ccc(-c3cccc(C)c3)cc2)CN(C(=O)c2cnccn2)CCO1. The van der Waals surface area contributed by atoms with Gasteiger partial charge in [-0.15, -0.1) is 0 Å². The van der Waals surface area contributed by atoms with Gasteiger partial charge in [-0.3, -0.25) is 14.6 Å². The van der Waals surface area contributed by atoms with Crippen molar-refractivity contribution in [1.82, 2.24) is 20.2 Å². The van der Waals surface area contributed by atoms with E-state index in [4.69, 9.17) is 4.74 Å². The molecule has 1 aliphatic heterocycles. The zero-order chi connectivity index (χ0) is 23.3. The number of hydrogen-bond acceptors (Lipinski definition) is 5. The molecule has 3 aromatic rings. The topological polar surface area (TPSA) is 84.4 Å². The minimum absolute atomic E-state index is 0.147. The van der Waals surface area contributed by atoms with Crippen LogP contribution in [0.2, 0.25) is 0 Å². The summed E-state index contributed by atoms with van der Waals surface area (Å²) in [5.74, 6) is -0.473. The number of carbonyl (C=O) groups is 2. The van der Waals surface area contributed by atoms with Crippen LogP contribution in [-0.4, -0.2) is 58.5 Å². The van der Waals surface area contributed by atoms with Crippen molar-refractivity contribution < 1.29 is 14.3 Å². The first-order chi connectivity index (χ1) is 16.0. The summed E-state index contributed by atoms with van der Waals surface area (Å²) in [4.78, 5) is 35.9. The molecule has 7 heteroatoms. The third-order valence-corrected chi connectivity index (χ3v) is 5.80. The maximum absolute atomic E-state index is 13.2. The molecular formula is C26H28N4O3.